The number of imidazole rings is 1. The summed E-state index contributed by atoms with van der Waals surface area (Å²) in [5.41, 5.74) is 0. The summed E-state index contributed by atoms with van der Waals surface area (Å²) in [5, 5.41) is 4.58. The van der Waals surface area contributed by atoms with Gasteiger partial charge in [-0.3, -0.25) is 0 Å². The highest BCUT2D eigenvalue weighted by atomic mass is 32.2. The molecule has 1 aliphatic carbocycles. The second-order valence-electron chi connectivity index (χ2n) is 4.64. The van der Waals surface area contributed by atoms with E-state index in [2.05, 4.69) is 33.6 Å². The lowest BCUT2D eigenvalue weighted by Gasteiger charge is -2.20. The van der Waals surface area contributed by atoms with Gasteiger partial charge in [-0.2, -0.15) is 11.8 Å². The molecule has 96 valence electrons. The fourth-order valence-electron chi connectivity index (χ4n) is 2.54. The van der Waals surface area contributed by atoms with Gasteiger partial charge in [0.15, 0.2) is 0 Å². The van der Waals surface area contributed by atoms with Crippen molar-refractivity contribution in [1.82, 2.24) is 14.9 Å². The zero-order valence-electron chi connectivity index (χ0n) is 10.6. The van der Waals surface area contributed by atoms with Crippen molar-refractivity contribution in [3.8, 4) is 0 Å². The molecule has 1 fully saturated rings. The van der Waals surface area contributed by atoms with E-state index in [1.807, 2.05) is 18.7 Å². The summed E-state index contributed by atoms with van der Waals surface area (Å²) >= 11 is 2.13. The maximum atomic E-state index is 4.05. The van der Waals surface area contributed by atoms with Crippen LogP contribution >= 0.6 is 11.8 Å². The molecular weight excluding hydrogens is 230 g/mol. The highest BCUT2D eigenvalue weighted by Crippen LogP contribution is 2.29. The Kier molecular flexibility index (Phi) is 5.39. The Morgan fingerprint density at radius 3 is 3.18 bits per heavy atom. The lowest BCUT2D eigenvalue weighted by molar-refractivity contribution is 0.501. The molecule has 3 nitrogen and oxygen atoms in total. The summed E-state index contributed by atoms with van der Waals surface area (Å²) in [4.78, 5) is 4.05. The van der Waals surface area contributed by atoms with E-state index in [4.69, 9.17) is 0 Å². The first-order chi connectivity index (χ1) is 8.40. The van der Waals surface area contributed by atoms with Crippen LogP contribution in [0.25, 0.3) is 0 Å². The highest BCUT2D eigenvalue weighted by molar-refractivity contribution is 7.99. The summed E-state index contributed by atoms with van der Waals surface area (Å²) < 4.78 is 2.15. The molecular formula is C13H23N3S. The number of thioether (sulfide) groups is 1. The molecule has 1 saturated carbocycles. The second-order valence-corrected chi connectivity index (χ2v) is 6.16. The van der Waals surface area contributed by atoms with Gasteiger partial charge in [-0.15, -0.1) is 0 Å². The summed E-state index contributed by atoms with van der Waals surface area (Å²) in [7, 11) is 0. The van der Waals surface area contributed by atoms with Crippen LogP contribution in [0.5, 0.6) is 0 Å². The Morgan fingerprint density at radius 2 is 2.41 bits per heavy atom. The van der Waals surface area contributed by atoms with Gasteiger partial charge in [0.1, 0.15) is 0 Å². The molecule has 0 amide bonds. The van der Waals surface area contributed by atoms with E-state index in [-0.39, 0.29) is 0 Å². The smallest absolute Gasteiger partial charge is 0.0945 e. The van der Waals surface area contributed by atoms with E-state index < -0.39 is 0 Å². The van der Waals surface area contributed by atoms with Crippen molar-refractivity contribution in [1.29, 1.82) is 0 Å². The van der Waals surface area contributed by atoms with Gasteiger partial charge in [0.05, 0.1) is 6.33 Å². The number of aromatic nitrogens is 2. The van der Waals surface area contributed by atoms with Gasteiger partial charge in [-0.1, -0.05) is 13.3 Å². The minimum atomic E-state index is 0.753. The molecule has 0 aliphatic heterocycles. The van der Waals surface area contributed by atoms with E-state index >= 15 is 0 Å². The monoisotopic (exact) mass is 253 g/mol. The Labute approximate surface area is 108 Å². The lowest BCUT2D eigenvalue weighted by Crippen LogP contribution is -2.35. The summed E-state index contributed by atoms with van der Waals surface area (Å²) in [6, 6.07) is 0.753. The average molecular weight is 253 g/mol. The van der Waals surface area contributed by atoms with Crippen molar-refractivity contribution >= 4 is 11.8 Å². The first-order valence-corrected chi connectivity index (χ1v) is 7.75. The molecule has 1 heterocycles. The van der Waals surface area contributed by atoms with Crippen LogP contribution in [-0.4, -0.2) is 33.1 Å². The Bertz CT molecular complexity index is 300. The number of nitrogens with one attached hydrogen (secondary N) is 1. The molecule has 0 aromatic carbocycles. The Balaban J connectivity index is 1.61. The third-order valence-corrected chi connectivity index (χ3v) is 4.72. The van der Waals surface area contributed by atoms with Crippen molar-refractivity contribution in [2.24, 2.45) is 0 Å². The van der Waals surface area contributed by atoms with Crippen molar-refractivity contribution in [2.45, 2.75) is 50.4 Å². The zero-order chi connectivity index (χ0) is 11.9. The molecule has 0 saturated heterocycles. The van der Waals surface area contributed by atoms with E-state index in [0.717, 1.165) is 24.4 Å². The topological polar surface area (TPSA) is 29.9 Å². The molecule has 0 unspecified atom stereocenters. The maximum absolute atomic E-state index is 4.05. The molecule has 0 radical (unpaired) electrons. The van der Waals surface area contributed by atoms with Crippen molar-refractivity contribution < 1.29 is 0 Å². The minimum Gasteiger partial charge on any atom is -0.337 e. The van der Waals surface area contributed by atoms with Crippen LogP contribution in [0.4, 0.5) is 0 Å². The van der Waals surface area contributed by atoms with Gasteiger partial charge in [-0.25, -0.2) is 4.98 Å². The summed E-state index contributed by atoms with van der Waals surface area (Å²) in [5.74, 6) is 1.25. The van der Waals surface area contributed by atoms with Gasteiger partial charge in [0.25, 0.3) is 0 Å². The first kappa shape index (κ1) is 13.0. The number of hydrogen-bond donors (Lipinski definition) is 1. The summed E-state index contributed by atoms with van der Waals surface area (Å²) in [6.45, 7) is 4.47. The van der Waals surface area contributed by atoms with E-state index in [0.29, 0.717) is 0 Å². The van der Waals surface area contributed by atoms with Gasteiger partial charge < -0.3 is 9.88 Å². The first-order valence-electron chi connectivity index (χ1n) is 6.71. The standard InChI is InChI=1S/C13H23N3S/c1-2-17-13-6-3-5-12(13)15-7-4-9-16-10-8-14-11-16/h8,10-13,15H,2-7,9H2,1H3/t12-,13-/m0/s1. The van der Waals surface area contributed by atoms with Crippen molar-refractivity contribution in [3.05, 3.63) is 18.7 Å². The third-order valence-electron chi connectivity index (χ3n) is 3.39. The minimum absolute atomic E-state index is 0.753. The Hall–Kier alpha value is -0.480. The normalized spacial score (nSPS) is 24.3. The summed E-state index contributed by atoms with van der Waals surface area (Å²) in [6.07, 6.45) is 11.1. The molecule has 1 aliphatic rings. The maximum Gasteiger partial charge on any atom is 0.0945 e. The van der Waals surface area contributed by atoms with Crippen molar-refractivity contribution in [3.63, 3.8) is 0 Å². The highest BCUT2D eigenvalue weighted by Gasteiger charge is 2.26. The number of nitrogens with zero attached hydrogens (tertiary/aromatic N) is 2. The van der Waals surface area contributed by atoms with Gasteiger partial charge >= 0.3 is 0 Å². The van der Waals surface area contributed by atoms with E-state index in [1.54, 1.807) is 0 Å². The average Bonchev–Trinajstić information content (AvgIpc) is 2.96. The van der Waals surface area contributed by atoms with Gasteiger partial charge in [-0.05, 0) is 31.6 Å². The van der Waals surface area contributed by atoms with Gasteiger partial charge in [0.2, 0.25) is 0 Å². The Morgan fingerprint density at radius 1 is 1.47 bits per heavy atom. The van der Waals surface area contributed by atoms with Crippen LogP contribution in [0.15, 0.2) is 18.7 Å². The quantitative estimate of drug-likeness (QED) is 0.757. The zero-order valence-corrected chi connectivity index (χ0v) is 11.5. The molecule has 2 atom stereocenters. The third kappa shape index (κ3) is 4.03. The number of aryl methyl sites for hydroxylation is 1. The van der Waals surface area contributed by atoms with E-state index in [1.165, 1.54) is 31.4 Å². The second kappa shape index (κ2) is 7.07. The van der Waals surface area contributed by atoms with Crippen LogP contribution in [0.2, 0.25) is 0 Å². The van der Waals surface area contributed by atoms with Crippen LogP contribution < -0.4 is 5.32 Å². The number of hydrogen-bond acceptors (Lipinski definition) is 3. The van der Waals surface area contributed by atoms with Crippen LogP contribution in [0.1, 0.15) is 32.6 Å². The van der Waals surface area contributed by atoms with Crippen LogP contribution in [-0.2, 0) is 6.54 Å². The van der Waals surface area contributed by atoms with Crippen molar-refractivity contribution in [2.75, 3.05) is 12.3 Å². The van der Waals surface area contributed by atoms with Crippen LogP contribution in [0, 0.1) is 0 Å². The fourth-order valence-corrected chi connectivity index (χ4v) is 3.77. The molecule has 0 spiro atoms. The van der Waals surface area contributed by atoms with Gasteiger partial charge in [0, 0.05) is 30.2 Å². The fraction of sp³-hybridized carbons (Fsp3) is 0.769. The van der Waals surface area contributed by atoms with Crippen LogP contribution in [0.3, 0.4) is 0 Å². The SMILES string of the molecule is CCS[C@H]1CCC[C@@H]1NCCCn1ccnc1. The molecule has 4 heteroatoms. The molecule has 17 heavy (non-hydrogen) atoms. The molecule has 0 bridgehead atoms. The molecule has 2 rings (SSSR count). The number of rotatable bonds is 7. The largest absolute Gasteiger partial charge is 0.337 e. The predicted molar refractivity (Wildman–Crippen MR) is 74.4 cm³/mol. The van der Waals surface area contributed by atoms with E-state index in [9.17, 15) is 0 Å². The lowest BCUT2D eigenvalue weighted by atomic mass is 10.2. The molecule has 1 N–H and O–H groups in total. The molecule has 1 aromatic heterocycles. The molecule has 1 aromatic rings. The predicted octanol–water partition coefficient (Wildman–Crippen LogP) is 2.54.